The standard InChI is InChI=1S/C13H25NO2/c1-4-7-8-9-10-11(5-2)12(14)13(15)16-6-3/h4,11-12H,1,5-10,14H2,2-3H3. The number of nitrogens with two attached hydrogens (primary N) is 1. The van der Waals surface area contributed by atoms with E-state index in [2.05, 4.69) is 13.5 Å². The predicted molar refractivity (Wildman–Crippen MR) is 67.1 cm³/mol. The van der Waals surface area contributed by atoms with Crippen LogP contribution in [0.25, 0.3) is 0 Å². The highest BCUT2D eigenvalue weighted by atomic mass is 16.5. The van der Waals surface area contributed by atoms with E-state index in [1.807, 2.05) is 6.08 Å². The molecule has 0 radical (unpaired) electrons. The Bertz CT molecular complexity index is 204. The molecule has 0 aromatic carbocycles. The van der Waals surface area contributed by atoms with Crippen LogP contribution < -0.4 is 5.73 Å². The quantitative estimate of drug-likeness (QED) is 0.374. The first kappa shape index (κ1) is 15.2. The van der Waals surface area contributed by atoms with Crippen LogP contribution >= 0.6 is 0 Å². The van der Waals surface area contributed by atoms with Crippen molar-refractivity contribution in [1.82, 2.24) is 0 Å². The van der Waals surface area contributed by atoms with Crippen LogP contribution in [0.3, 0.4) is 0 Å². The Kier molecular flexibility index (Phi) is 8.91. The maximum absolute atomic E-state index is 11.5. The van der Waals surface area contributed by atoms with Gasteiger partial charge in [-0.2, -0.15) is 0 Å². The van der Waals surface area contributed by atoms with Gasteiger partial charge in [0.15, 0.2) is 0 Å². The number of carbonyl (C=O) groups is 1. The minimum Gasteiger partial charge on any atom is -0.465 e. The van der Waals surface area contributed by atoms with Gasteiger partial charge in [-0.15, -0.1) is 6.58 Å². The summed E-state index contributed by atoms with van der Waals surface area (Å²) in [5.41, 5.74) is 5.88. The summed E-state index contributed by atoms with van der Waals surface area (Å²) < 4.78 is 4.93. The van der Waals surface area contributed by atoms with E-state index in [1.165, 1.54) is 0 Å². The lowest BCUT2D eigenvalue weighted by molar-refractivity contribution is -0.146. The van der Waals surface area contributed by atoms with Gasteiger partial charge >= 0.3 is 5.97 Å². The van der Waals surface area contributed by atoms with Crippen molar-refractivity contribution in [2.24, 2.45) is 11.7 Å². The van der Waals surface area contributed by atoms with Crippen molar-refractivity contribution < 1.29 is 9.53 Å². The Morgan fingerprint density at radius 3 is 2.62 bits per heavy atom. The van der Waals surface area contributed by atoms with Gasteiger partial charge in [-0.25, -0.2) is 0 Å². The molecule has 0 aliphatic rings. The minimum atomic E-state index is -0.464. The summed E-state index contributed by atoms with van der Waals surface area (Å²) in [5, 5.41) is 0. The number of rotatable bonds is 9. The lowest BCUT2D eigenvalue weighted by Gasteiger charge is -2.20. The van der Waals surface area contributed by atoms with Crippen molar-refractivity contribution >= 4 is 5.97 Å². The average Bonchev–Trinajstić information content (AvgIpc) is 2.29. The number of esters is 1. The van der Waals surface area contributed by atoms with Crippen LogP contribution in [0, 0.1) is 5.92 Å². The van der Waals surface area contributed by atoms with Gasteiger partial charge in [-0.1, -0.05) is 25.8 Å². The van der Waals surface area contributed by atoms with Crippen molar-refractivity contribution in [2.45, 2.75) is 52.0 Å². The highest BCUT2D eigenvalue weighted by Gasteiger charge is 2.23. The van der Waals surface area contributed by atoms with Gasteiger partial charge in [0.2, 0.25) is 0 Å². The van der Waals surface area contributed by atoms with E-state index in [1.54, 1.807) is 6.92 Å². The van der Waals surface area contributed by atoms with Crippen LogP contribution in [0.15, 0.2) is 12.7 Å². The van der Waals surface area contributed by atoms with Gasteiger partial charge in [0.25, 0.3) is 0 Å². The summed E-state index contributed by atoms with van der Waals surface area (Å²) in [6.07, 6.45) is 7.09. The molecule has 0 aliphatic carbocycles. The summed E-state index contributed by atoms with van der Waals surface area (Å²) in [4.78, 5) is 11.5. The summed E-state index contributed by atoms with van der Waals surface area (Å²) >= 11 is 0. The lowest BCUT2D eigenvalue weighted by atomic mass is 9.91. The van der Waals surface area contributed by atoms with Gasteiger partial charge in [-0.3, -0.25) is 4.79 Å². The Balaban J connectivity index is 3.95. The maximum Gasteiger partial charge on any atom is 0.323 e. The van der Waals surface area contributed by atoms with Crippen molar-refractivity contribution in [3.05, 3.63) is 12.7 Å². The predicted octanol–water partition coefficient (Wildman–Crippen LogP) is 2.65. The molecule has 0 rings (SSSR count). The van der Waals surface area contributed by atoms with Crippen molar-refractivity contribution in [1.29, 1.82) is 0 Å². The second-order valence-electron chi connectivity index (χ2n) is 4.02. The van der Waals surface area contributed by atoms with Crippen LogP contribution in [0.4, 0.5) is 0 Å². The summed E-state index contributed by atoms with van der Waals surface area (Å²) in [7, 11) is 0. The smallest absolute Gasteiger partial charge is 0.323 e. The number of hydrogen-bond donors (Lipinski definition) is 1. The summed E-state index contributed by atoms with van der Waals surface area (Å²) in [5.74, 6) is -0.0260. The van der Waals surface area contributed by atoms with Crippen LogP contribution in [0.1, 0.15) is 46.0 Å². The Morgan fingerprint density at radius 1 is 1.44 bits per heavy atom. The third-order valence-electron chi connectivity index (χ3n) is 2.82. The zero-order valence-corrected chi connectivity index (χ0v) is 10.6. The fourth-order valence-electron chi connectivity index (χ4n) is 1.76. The minimum absolute atomic E-state index is 0.240. The summed E-state index contributed by atoms with van der Waals surface area (Å²) in [6.45, 7) is 7.96. The van der Waals surface area contributed by atoms with E-state index in [9.17, 15) is 4.79 Å². The lowest BCUT2D eigenvalue weighted by Crippen LogP contribution is -2.39. The number of allylic oxidation sites excluding steroid dienone is 1. The van der Waals surface area contributed by atoms with Gasteiger partial charge < -0.3 is 10.5 Å². The Hall–Kier alpha value is -0.830. The van der Waals surface area contributed by atoms with E-state index >= 15 is 0 Å². The molecule has 0 saturated carbocycles. The van der Waals surface area contributed by atoms with Crippen molar-refractivity contribution in [3.63, 3.8) is 0 Å². The van der Waals surface area contributed by atoms with Gasteiger partial charge in [0, 0.05) is 0 Å². The van der Waals surface area contributed by atoms with Crippen LogP contribution in [0.5, 0.6) is 0 Å². The second-order valence-corrected chi connectivity index (χ2v) is 4.02. The van der Waals surface area contributed by atoms with E-state index in [0.717, 1.165) is 32.1 Å². The molecule has 0 aliphatic heterocycles. The first-order chi connectivity index (χ1) is 7.67. The summed E-state index contributed by atoms with van der Waals surface area (Å²) in [6, 6.07) is -0.464. The molecule has 2 atom stereocenters. The molecule has 0 heterocycles. The van der Waals surface area contributed by atoms with E-state index in [0.29, 0.717) is 6.61 Å². The topological polar surface area (TPSA) is 52.3 Å². The van der Waals surface area contributed by atoms with Gasteiger partial charge in [0.05, 0.1) is 6.61 Å². The van der Waals surface area contributed by atoms with E-state index in [4.69, 9.17) is 10.5 Å². The molecule has 16 heavy (non-hydrogen) atoms. The molecule has 94 valence electrons. The van der Waals surface area contributed by atoms with E-state index in [-0.39, 0.29) is 11.9 Å². The average molecular weight is 227 g/mol. The van der Waals surface area contributed by atoms with E-state index < -0.39 is 6.04 Å². The van der Waals surface area contributed by atoms with Crippen molar-refractivity contribution in [3.8, 4) is 0 Å². The fourth-order valence-corrected chi connectivity index (χ4v) is 1.76. The molecule has 2 unspecified atom stereocenters. The van der Waals surface area contributed by atoms with Crippen LogP contribution in [-0.4, -0.2) is 18.6 Å². The molecule has 0 amide bonds. The molecule has 0 spiro atoms. The molecule has 0 saturated heterocycles. The first-order valence-corrected chi connectivity index (χ1v) is 6.20. The highest BCUT2D eigenvalue weighted by molar-refractivity contribution is 5.75. The maximum atomic E-state index is 11.5. The normalized spacial score (nSPS) is 14.2. The Labute approximate surface area is 99.0 Å². The number of ether oxygens (including phenoxy) is 1. The first-order valence-electron chi connectivity index (χ1n) is 6.20. The van der Waals surface area contributed by atoms with Gasteiger partial charge in [0.1, 0.15) is 6.04 Å². The zero-order chi connectivity index (χ0) is 12.4. The highest BCUT2D eigenvalue weighted by Crippen LogP contribution is 2.17. The largest absolute Gasteiger partial charge is 0.465 e. The monoisotopic (exact) mass is 227 g/mol. The molecule has 0 aromatic rings. The molecule has 0 bridgehead atoms. The molecule has 3 heteroatoms. The van der Waals surface area contributed by atoms with Crippen LogP contribution in [-0.2, 0) is 9.53 Å². The van der Waals surface area contributed by atoms with Crippen molar-refractivity contribution in [2.75, 3.05) is 6.61 Å². The number of hydrogen-bond acceptors (Lipinski definition) is 3. The molecule has 2 N–H and O–H groups in total. The number of unbranched alkanes of at least 4 members (excludes halogenated alkanes) is 2. The SMILES string of the molecule is C=CCCCCC(CC)C(N)C(=O)OCC. The number of carbonyl (C=O) groups excluding carboxylic acids is 1. The van der Waals surface area contributed by atoms with Gasteiger partial charge in [-0.05, 0) is 32.1 Å². The molecular weight excluding hydrogens is 202 g/mol. The molecular formula is C13H25NO2. The second kappa shape index (κ2) is 9.40. The third-order valence-corrected chi connectivity index (χ3v) is 2.82. The molecule has 0 fully saturated rings. The fraction of sp³-hybridized carbons (Fsp3) is 0.769. The molecule has 3 nitrogen and oxygen atoms in total. The Morgan fingerprint density at radius 2 is 2.12 bits per heavy atom. The molecule has 0 aromatic heterocycles. The zero-order valence-electron chi connectivity index (χ0n) is 10.6. The van der Waals surface area contributed by atoms with Crippen LogP contribution in [0.2, 0.25) is 0 Å². The third kappa shape index (κ3) is 5.91.